The molecule has 1 saturated heterocycles. The molecule has 0 spiro atoms. The molecule has 24 heavy (non-hydrogen) atoms. The predicted molar refractivity (Wildman–Crippen MR) is 96.0 cm³/mol. The van der Waals surface area contributed by atoms with Crippen molar-refractivity contribution < 1.29 is 8.42 Å². The van der Waals surface area contributed by atoms with Gasteiger partial charge in [0.15, 0.2) is 5.65 Å². The molecule has 1 unspecified atom stereocenters. The summed E-state index contributed by atoms with van der Waals surface area (Å²) >= 11 is 0. The lowest BCUT2D eigenvalue weighted by Crippen LogP contribution is -2.42. The van der Waals surface area contributed by atoms with Crippen molar-refractivity contribution in [2.75, 3.05) is 19.6 Å². The van der Waals surface area contributed by atoms with Gasteiger partial charge in [0.25, 0.3) is 0 Å². The third kappa shape index (κ3) is 3.28. The summed E-state index contributed by atoms with van der Waals surface area (Å²) in [4.78, 5) is 4.57. The highest BCUT2D eigenvalue weighted by molar-refractivity contribution is 7.89. The Labute approximate surface area is 148 Å². The van der Waals surface area contributed by atoms with Crippen molar-refractivity contribution in [2.45, 2.75) is 37.6 Å². The van der Waals surface area contributed by atoms with E-state index >= 15 is 0 Å². The molecule has 0 saturated carbocycles. The van der Waals surface area contributed by atoms with Crippen LogP contribution in [0.15, 0.2) is 17.2 Å². The monoisotopic (exact) mass is 373 g/mol. The van der Waals surface area contributed by atoms with E-state index in [-0.39, 0.29) is 23.3 Å². The van der Waals surface area contributed by atoms with Gasteiger partial charge in [-0.3, -0.25) is 4.68 Å². The fourth-order valence-corrected chi connectivity index (χ4v) is 4.89. The van der Waals surface area contributed by atoms with Gasteiger partial charge in [-0.05, 0) is 32.4 Å². The molecule has 0 radical (unpaired) electrons. The fourth-order valence-electron chi connectivity index (χ4n) is 3.17. The first-order chi connectivity index (χ1) is 10.9. The second-order valence-corrected chi connectivity index (χ2v) is 7.90. The average Bonchev–Trinajstić information content (AvgIpc) is 3.14. The van der Waals surface area contributed by atoms with Crippen LogP contribution in [0.5, 0.6) is 0 Å². The van der Waals surface area contributed by atoms with Crippen LogP contribution in [-0.2, 0) is 17.1 Å². The highest BCUT2D eigenvalue weighted by atomic mass is 35.5. The number of fused-ring (bicyclic) bond motifs is 1. The maximum atomic E-state index is 13.1. The number of rotatable bonds is 5. The number of halogens is 1. The zero-order valence-electron chi connectivity index (χ0n) is 14.2. The summed E-state index contributed by atoms with van der Waals surface area (Å²) in [5.41, 5.74) is 1.49. The van der Waals surface area contributed by atoms with Crippen molar-refractivity contribution in [2.24, 2.45) is 7.05 Å². The van der Waals surface area contributed by atoms with Gasteiger partial charge in [-0.25, -0.2) is 13.4 Å². The molecule has 3 heterocycles. The molecule has 7 nitrogen and oxygen atoms in total. The predicted octanol–water partition coefficient (Wildman–Crippen LogP) is 1.46. The molecule has 0 aliphatic carbocycles. The van der Waals surface area contributed by atoms with Crippen LogP contribution in [0, 0.1) is 6.92 Å². The maximum Gasteiger partial charge on any atom is 0.244 e. The van der Waals surface area contributed by atoms with E-state index in [1.807, 2.05) is 20.9 Å². The number of sulfonamides is 1. The van der Waals surface area contributed by atoms with Crippen LogP contribution in [0.4, 0.5) is 0 Å². The number of hydrogen-bond donors (Lipinski definition) is 1. The Balaban J connectivity index is 0.00000208. The molecule has 2 aromatic heterocycles. The van der Waals surface area contributed by atoms with E-state index in [1.165, 1.54) is 6.20 Å². The van der Waals surface area contributed by atoms with E-state index in [2.05, 4.69) is 15.4 Å². The number of aromatic nitrogens is 3. The van der Waals surface area contributed by atoms with Crippen LogP contribution in [0.1, 0.15) is 25.5 Å². The lowest BCUT2D eigenvalue weighted by molar-refractivity contribution is 0.335. The van der Waals surface area contributed by atoms with Gasteiger partial charge in [-0.1, -0.05) is 6.92 Å². The minimum absolute atomic E-state index is 0. The zero-order valence-corrected chi connectivity index (χ0v) is 15.8. The summed E-state index contributed by atoms with van der Waals surface area (Å²) < 4.78 is 29.5. The number of nitrogens with zero attached hydrogens (tertiary/aromatic N) is 4. The molecule has 0 amide bonds. The van der Waals surface area contributed by atoms with Gasteiger partial charge in [-0.2, -0.15) is 9.40 Å². The molecular weight excluding hydrogens is 350 g/mol. The van der Waals surface area contributed by atoms with Crippen LogP contribution < -0.4 is 5.32 Å². The van der Waals surface area contributed by atoms with Gasteiger partial charge < -0.3 is 5.32 Å². The Hall–Kier alpha value is -1.22. The molecule has 3 rings (SSSR count). The number of aryl methyl sites for hydroxylation is 2. The van der Waals surface area contributed by atoms with Crippen molar-refractivity contribution in [1.82, 2.24) is 24.4 Å². The number of pyridine rings is 1. The van der Waals surface area contributed by atoms with Gasteiger partial charge in [0.2, 0.25) is 10.0 Å². The Morgan fingerprint density at radius 3 is 2.83 bits per heavy atom. The Morgan fingerprint density at radius 2 is 2.21 bits per heavy atom. The first-order valence-electron chi connectivity index (χ1n) is 7.97. The number of nitrogens with one attached hydrogen (secondary N) is 1. The maximum absolute atomic E-state index is 13.1. The van der Waals surface area contributed by atoms with E-state index in [1.54, 1.807) is 15.1 Å². The van der Waals surface area contributed by atoms with E-state index in [9.17, 15) is 8.42 Å². The summed E-state index contributed by atoms with van der Waals surface area (Å²) in [7, 11) is -1.74. The minimum Gasteiger partial charge on any atom is -0.315 e. The molecule has 9 heteroatoms. The van der Waals surface area contributed by atoms with Gasteiger partial charge >= 0.3 is 0 Å². The van der Waals surface area contributed by atoms with Crippen LogP contribution in [0.25, 0.3) is 11.0 Å². The lowest BCUT2D eigenvalue weighted by atomic mass is 10.2. The van der Waals surface area contributed by atoms with Gasteiger partial charge in [0.1, 0.15) is 4.90 Å². The van der Waals surface area contributed by atoms with Gasteiger partial charge in [0, 0.05) is 37.8 Å². The van der Waals surface area contributed by atoms with Gasteiger partial charge in [-0.15, -0.1) is 12.4 Å². The fraction of sp³-hybridized carbons (Fsp3) is 0.600. The summed E-state index contributed by atoms with van der Waals surface area (Å²) in [6, 6.07) is 1.72. The van der Waals surface area contributed by atoms with E-state index in [4.69, 9.17) is 0 Å². The van der Waals surface area contributed by atoms with Crippen molar-refractivity contribution in [3.63, 3.8) is 0 Å². The summed E-state index contributed by atoms with van der Waals surface area (Å²) in [5, 5.41) is 8.34. The van der Waals surface area contributed by atoms with E-state index < -0.39 is 10.0 Å². The Bertz CT molecular complexity index is 815. The van der Waals surface area contributed by atoms with E-state index in [0.29, 0.717) is 18.7 Å². The van der Waals surface area contributed by atoms with Crippen LogP contribution in [0.3, 0.4) is 0 Å². The minimum atomic E-state index is -3.55. The van der Waals surface area contributed by atoms with Crippen molar-refractivity contribution in [1.29, 1.82) is 0 Å². The first kappa shape index (κ1) is 19.1. The third-order valence-corrected chi connectivity index (χ3v) is 6.25. The SMILES string of the molecule is CCCN(C1CCNC1)S(=O)(=O)c1cnc2c(c1)c(C)nn2C.Cl. The smallest absolute Gasteiger partial charge is 0.244 e. The van der Waals surface area contributed by atoms with E-state index in [0.717, 1.165) is 30.5 Å². The largest absolute Gasteiger partial charge is 0.315 e. The molecule has 1 aliphatic rings. The van der Waals surface area contributed by atoms with Crippen molar-refractivity contribution in [3.05, 3.63) is 18.0 Å². The molecule has 0 bridgehead atoms. The number of hydrogen-bond acceptors (Lipinski definition) is 5. The summed E-state index contributed by atoms with van der Waals surface area (Å²) in [6.07, 6.45) is 3.09. The summed E-state index contributed by atoms with van der Waals surface area (Å²) in [5.74, 6) is 0. The molecular formula is C15H24ClN5O2S. The van der Waals surface area contributed by atoms with Crippen LogP contribution >= 0.6 is 12.4 Å². The highest BCUT2D eigenvalue weighted by Gasteiger charge is 2.33. The summed E-state index contributed by atoms with van der Waals surface area (Å²) in [6.45, 7) is 5.96. The Kier molecular flexibility index (Phi) is 5.85. The lowest BCUT2D eigenvalue weighted by Gasteiger charge is -2.27. The zero-order chi connectivity index (χ0) is 16.6. The van der Waals surface area contributed by atoms with Crippen molar-refractivity contribution >= 4 is 33.5 Å². The molecule has 1 fully saturated rings. The second-order valence-electron chi connectivity index (χ2n) is 6.01. The van der Waals surface area contributed by atoms with Crippen molar-refractivity contribution in [3.8, 4) is 0 Å². The normalized spacial score (nSPS) is 18.2. The molecule has 134 valence electrons. The van der Waals surface area contributed by atoms with Crippen LogP contribution in [-0.4, -0.2) is 53.2 Å². The molecule has 0 aromatic carbocycles. The third-order valence-electron chi connectivity index (χ3n) is 4.33. The standard InChI is InChI=1S/C15H23N5O2S.ClH/c1-4-7-20(12-5-6-16-9-12)23(21,22)13-8-14-11(2)18-19(3)15(14)17-10-13;/h8,10,12,16H,4-7,9H2,1-3H3;1H. The second kappa shape index (κ2) is 7.35. The highest BCUT2D eigenvalue weighted by Crippen LogP contribution is 2.24. The van der Waals surface area contributed by atoms with Crippen LogP contribution in [0.2, 0.25) is 0 Å². The first-order valence-corrected chi connectivity index (χ1v) is 9.41. The molecule has 2 aromatic rings. The quantitative estimate of drug-likeness (QED) is 0.858. The Morgan fingerprint density at radius 1 is 1.46 bits per heavy atom. The molecule has 1 N–H and O–H groups in total. The topological polar surface area (TPSA) is 80.1 Å². The molecule has 1 atom stereocenters. The average molecular weight is 374 g/mol. The van der Waals surface area contributed by atoms with Gasteiger partial charge in [0.05, 0.1) is 5.69 Å². The molecule has 1 aliphatic heterocycles.